The molecule has 0 aliphatic carbocycles. The average molecular weight is 461 g/mol. The highest BCUT2D eigenvalue weighted by Crippen LogP contribution is 2.40. The molecule has 4 rings (SSSR count). The Balaban J connectivity index is 1.43. The first kappa shape index (κ1) is 24.1. The van der Waals surface area contributed by atoms with Gasteiger partial charge in [-0.1, -0.05) is 52.0 Å². The maximum atomic E-state index is 13.1. The Labute approximate surface area is 202 Å². The first-order chi connectivity index (χ1) is 16.2. The van der Waals surface area contributed by atoms with Crippen LogP contribution in [0.3, 0.4) is 0 Å². The molecule has 3 N–H and O–H groups in total. The third kappa shape index (κ3) is 5.05. The standard InChI is InChI=1S/C29H36N2O3/c1-19(2)27(30-28(34)23-9-8-22-15-26(33)11-10-21(22)14-23)18-31-13-12-29(4,20(3)17-31)24-6-5-7-25(32)16-24/h5-11,14-16,19-20,27,32-33H,12-13,17-18H2,1-4H3,(H,30,34)/t20-,27+,29+/m0/s1. The van der Waals surface area contributed by atoms with Crippen LogP contribution in [0.15, 0.2) is 60.7 Å². The molecule has 0 aromatic heterocycles. The summed E-state index contributed by atoms with van der Waals surface area (Å²) < 4.78 is 0. The number of carbonyl (C=O) groups is 1. The molecule has 1 heterocycles. The van der Waals surface area contributed by atoms with Crippen molar-refractivity contribution in [1.82, 2.24) is 10.2 Å². The average Bonchev–Trinajstić information content (AvgIpc) is 2.80. The minimum Gasteiger partial charge on any atom is -0.508 e. The molecular weight excluding hydrogens is 424 g/mol. The molecule has 3 atom stereocenters. The molecule has 5 heteroatoms. The third-order valence-corrected chi connectivity index (χ3v) is 7.73. The highest BCUT2D eigenvalue weighted by Gasteiger charge is 2.38. The van der Waals surface area contributed by atoms with Crippen molar-refractivity contribution in [3.63, 3.8) is 0 Å². The van der Waals surface area contributed by atoms with Gasteiger partial charge in [-0.05, 0) is 83.0 Å². The number of phenols is 2. The number of hydrogen-bond acceptors (Lipinski definition) is 4. The van der Waals surface area contributed by atoms with E-state index in [2.05, 4.69) is 44.0 Å². The van der Waals surface area contributed by atoms with Crippen molar-refractivity contribution in [3.05, 3.63) is 71.8 Å². The van der Waals surface area contributed by atoms with E-state index in [1.165, 1.54) is 5.56 Å². The smallest absolute Gasteiger partial charge is 0.251 e. The normalized spacial score (nSPS) is 22.1. The van der Waals surface area contributed by atoms with Gasteiger partial charge in [-0.3, -0.25) is 4.79 Å². The molecule has 0 bridgehead atoms. The lowest BCUT2D eigenvalue weighted by Gasteiger charge is -2.46. The van der Waals surface area contributed by atoms with Crippen molar-refractivity contribution in [2.24, 2.45) is 11.8 Å². The molecule has 1 aliphatic heterocycles. The second-order valence-electron chi connectivity index (χ2n) is 10.4. The molecule has 0 unspecified atom stereocenters. The van der Waals surface area contributed by atoms with Crippen molar-refractivity contribution < 1.29 is 15.0 Å². The number of amides is 1. The number of nitrogens with zero attached hydrogens (tertiary/aromatic N) is 1. The largest absolute Gasteiger partial charge is 0.508 e. The predicted molar refractivity (Wildman–Crippen MR) is 137 cm³/mol. The zero-order valence-corrected chi connectivity index (χ0v) is 20.6. The van der Waals surface area contributed by atoms with Crippen molar-refractivity contribution >= 4 is 16.7 Å². The predicted octanol–water partition coefficient (Wildman–Crippen LogP) is 5.31. The molecule has 0 radical (unpaired) electrons. The Morgan fingerprint density at radius 3 is 2.47 bits per heavy atom. The number of carbonyl (C=O) groups excluding carboxylic acids is 1. The fraction of sp³-hybridized carbons (Fsp3) is 0.414. The van der Waals surface area contributed by atoms with Crippen LogP contribution in [0.4, 0.5) is 0 Å². The van der Waals surface area contributed by atoms with E-state index in [0.29, 0.717) is 23.1 Å². The van der Waals surface area contributed by atoms with Crippen molar-refractivity contribution in [3.8, 4) is 11.5 Å². The molecule has 1 amide bonds. The molecule has 180 valence electrons. The van der Waals surface area contributed by atoms with Gasteiger partial charge < -0.3 is 20.4 Å². The Morgan fingerprint density at radius 1 is 1.06 bits per heavy atom. The number of benzene rings is 3. The molecular formula is C29H36N2O3. The fourth-order valence-corrected chi connectivity index (χ4v) is 5.10. The van der Waals surface area contributed by atoms with E-state index in [9.17, 15) is 15.0 Å². The van der Waals surface area contributed by atoms with Gasteiger partial charge in [0.1, 0.15) is 11.5 Å². The molecule has 3 aromatic rings. The quantitative estimate of drug-likeness (QED) is 0.466. The van der Waals surface area contributed by atoms with Crippen molar-refractivity contribution in [2.45, 2.75) is 45.6 Å². The van der Waals surface area contributed by atoms with E-state index in [4.69, 9.17) is 0 Å². The maximum absolute atomic E-state index is 13.1. The first-order valence-electron chi connectivity index (χ1n) is 12.2. The van der Waals surface area contributed by atoms with Crippen LogP contribution < -0.4 is 5.32 Å². The number of rotatable bonds is 6. The summed E-state index contributed by atoms with van der Waals surface area (Å²) in [5.41, 5.74) is 1.84. The van der Waals surface area contributed by atoms with Gasteiger partial charge in [-0.15, -0.1) is 0 Å². The summed E-state index contributed by atoms with van der Waals surface area (Å²) in [6, 6.07) is 18.5. The SMILES string of the molecule is CC(C)[C@@H](CN1CC[C@@](C)(c2cccc(O)c2)[C@@H](C)C1)NC(=O)c1ccc2cc(O)ccc2c1. The number of aromatic hydroxyl groups is 2. The maximum Gasteiger partial charge on any atom is 0.251 e. The summed E-state index contributed by atoms with van der Waals surface area (Å²) in [6.45, 7) is 11.6. The summed E-state index contributed by atoms with van der Waals surface area (Å²) >= 11 is 0. The summed E-state index contributed by atoms with van der Waals surface area (Å²) in [6.07, 6.45) is 1.01. The summed E-state index contributed by atoms with van der Waals surface area (Å²) in [5, 5.41) is 24.8. The van der Waals surface area contributed by atoms with Gasteiger partial charge >= 0.3 is 0 Å². The van der Waals surface area contributed by atoms with Crippen LogP contribution in [0.25, 0.3) is 10.8 Å². The van der Waals surface area contributed by atoms with Crippen LogP contribution in [-0.4, -0.2) is 46.7 Å². The van der Waals surface area contributed by atoms with Gasteiger partial charge in [0.05, 0.1) is 0 Å². The Kier molecular flexibility index (Phi) is 6.85. The van der Waals surface area contributed by atoms with E-state index in [1.54, 1.807) is 18.2 Å². The molecule has 1 aliphatic rings. The van der Waals surface area contributed by atoms with E-state index in [0.717, 1.165) is 36.8 Å². The van der Waals surface area contributed by atoms with Crippen LogP contribution in [-0.2, 0) is 5.41 Å². The van der Waals surface area contributed by atoms with E-state index in [1.807, 2.05) is 36.4 Å². The van der Waals surface area contributed by atoms with Gasteiger partial charge in [-0.25, -0.2) is 0 Å². The van der Waals surface area contributed by atoms with Crippen LogP contribution in [0, 0.1) is 11.8 Å². The highest BCUT2D eigenvalue weighted by atomic mass is 16.3. The monoisotopic (exact) mass is 460 g/mol. The fourth-order valence-electron chi connectivity index (χ4n) is 5.10. The number of piperidine rings is 1. The minimum absolute atomic E-state index is 0.0192. The van der Waals surface area contributed by atoms with E-state index < -0.39 is 0 Å². The molecule has 3 aromatic carbocycles. The van der Waals surface area contributed by atoms with Crippen LogP contribution >= 0.6 is 0 Å². The van der Waals surface area contributed by atoms with Gasteiger partial charge in [0.2, 0.25) is 0 Å². The van der Waals surface area contributed by atoms with Gasteiger partial charge in [0, 0.05) is 24.7 Å². The number of hydrogen-bond donors (Lipinski definition) is 3. The molecule has 34 heavy (non-hydrogen) atoms. The van der Waals surface area contributed by atoms with Gasteiger partial charge in [-0.2, -0.15) is 0 Å². The lowest BCUT2D eigenvalue weighted by molar-refractivity contribution is 0.0815. The van der Waals surface area contributed by atoms with Gasteiger partial charge in [0.25, 0.3) is 5.91 Å². The van der Waals surface area contributed by atoms with Gasteiger partial charge in [0.15, 0.2) is 0 Å². The first-order valence-corrected chi connectivity index (χ1v) is 12.2. The third-order valence-electron chi connectivity index (χ3n) is 7.73. The molecule has 0 spiro atoms. The van der Waals surface area contributed by atoms with Crippen LogP contribution in [0.5, 0.6) is 11.5 Å². The van der Waals surface area contributed by atoms with E-state index in [-0.39, 0.29) is 23.1 Å². The summed E-state index contributed by atoms with van der Waals surface area (Å²) in [5.74, 6) is 1.20. The molecule has 5 nitrogen and oxygen atoms in total. The molecule has 1 fully saturated rings. The number of likely N-dealkylation sites (tertiary alicyclic amines) is 1. The Bertz CT molecular complexity index is 1180. The Hall–Kier alpha value is -3.05. The van der Waals surface area contributed by atoms with E-state index >= 15 is 0 Å². The second-order valence-corrected chi connectivity index (χ2v) is 10.4. The lowest BCUT2D eigenvalue weighted by atomic mass is 9.68. The zero-order chi connectivity index (χ0) is 24.5. The number of nitrogens with one attached hydrogen (secondary N) is 1. The zero-order valence-electron chi connectivity index (χ0n) is 20.6. The molecule has 1 saturated heterocycles. The Morgan fingerprint density at radius 2 is 1.76 bits per heavy atom. The van der Waals surface area contributed by atoms with Crippen molar-refractivity contribution in [1.29, 1.82) is 0 Å². The highest BCUT2D eigenvalue weighted by molar-refractivity contribution is 5.99. The lowest BCUT2D eigenvalue weighted by Crippen LogP contribution is -2.53. The summed E-state index contributed by atoms with van der Waals surface area (Å²) in [7, 11) is 0. The van der Waals surface area contributed by atoms with Crippen LogP contribution in [0.1, 0.15) is 50.0 Å². The minimum atomic E-state index is -0.0664. The summed E-state index contributed by atoms with van der Waals surface area (Å²) in [4.78, 5) is 15.6. The number of phenolic OH excluding ortho intramolecular Hbond substituents is 2. The topological polar surface area (TPSA) is 72.8 Å². The second kappa shape index (κ2) is 9.67. The van der Waals surface area contributed by atoms with Crippen LogP contribution in [0.2, 0.25) is 0 Å². The number of fused-ring (bicyclic) bond motifs is 1. The van der Waals surface area contributed by atoms with Crippen molar-refractivity contribution in [2.75, 3.05) is 19.6 Å². The molecule has 0 saturated carbocycles.